The molecule has 6 rings (SSSR count). The first-order valence-electron chi connectivity index (χ1n) is 11.7. The van der Waals surface area contributed by atoms with Crippen LogP contribution in [-0.2, 0) is 12.6 Å². The van der Waals surface area contributed by atoms with Gasteiger partial charge in [-0.15, -0.1) is 0 Å². The SMILES string of the molecule is Cc1cc(C(=O)N2CC3(C2)CN(c2cncc(N4C(=O)c5ccc(Cl)cc5C4(C)C)c2)C3)n(C)n1. The van der Waals surface area contributed by atoms with Crippen molar-refractivity contribution in [2.75, 3.05) is 36.0 Å². The number of hydrogen-bond donors (Lipinski definition) is 0. The van der Waals surface area contributed by atoms with Crippen LogP contribution in [-0.4, -0.2) is 57.7 Å². The van der Waals surface area contributed by atoms with Gasteiger partial charge in [0, 0.05) is 49.2 Å². The molecule has 2 amide bonds. The van der Waals surface area contributed by atoms with Gasteiger partial charge in [-0.05, 0) is 56.7 Å². The van der Waals surface area contributed by atoms with Crippen molar-refractivity contribution in [2.45, 2.75) is 26.3 Å². The highest BCUT2D eigenvalue weighted by Crippen LogP contribution is 2.45. The number of benzene rings is 1. The number of likely N-dealkylation sites (tertiary alicyclic amines) is 1. The largest absolute Gasteiger partial charge is 0.369 e. The highest BCUT2D eigenvalue weighted by atomic mass is 35.5. The van der Waals surface area contributed by atoms with E-state index in [0.29, 0.717) is 16.3 Å². The molecule has 2 saturated heterocycles. The molecule has 180 valence electrons. The number of carbonyl (C=O) groups is 2. The Balaban J connectivity index is 1.16. The second kappa shape index (κ2) is 7.31. The summed E-state index contributed by atoms with van der Waals surface area (Å²) in [6.07, 6.45) is 3.58. The first-order valence-corrected chi connectivity index (χ1v) is 12.1. The Morgan fingerprint density at radius 1 is 1.03 bits per heavy atom. The van der Waals surface area contributed by atoms with Gasteiger partial charge in [0.25, 0.3) is 11.8 Å². The molecule has 0 aliphatic carbocycles. The van der Waals surface area contributed by atoms with E-state index in [0.717, 1.165) is 48.8 Å². The lowest BCUT2D eigenvalue weighted by Gasteiger charge is -2.60. The Morgan fingerprint density at radius 2 is 1.74 bits per heavy atom. The van der Waals surface area contributed by atoms with E-state index in [2.05, 4.69) is 15.0 Å². The van der Waals surface area contributed by atoms with Crippen LogP contribution in [0.5, 0.6) is 0 Å². The maximum Gasteiger partial charge on any atom is 0.272 e. The third-order valence-electron chi connectivity index (χ3n) is 7.58. The van der Waals surface area contributed by atoms with Crippen molar-refractivity contribution < 1.29 is 9.59 Å². The predicted molar refractivity (Wildman–Crippen MR) is 134 cm³/mol. The lowest BCUT2D eigenvalue weighted by atomic mass is 9.72. The highest BCUT2D eigenvalue weighted by molar-refractivity contribution is 6.31. The second-order valence-corrected chi connectivity index (χ2v) is 11.0. The van der Waals surface area contributed by atoms with Crippen LogP contribution in [0.1, 0.15) is 46.0 Å². The molecular formula is C26H27ClN6O2. The van der Waals surface area contributed by atoms with Gasteiger partial charge in [0.05, 0.1) is 35.0 Å². The zero-order chi connectivity index (χ0) is 24.7. The van der Waals surface area contributed by atoms with E-state index in [4.69, 9.17) is 11.6 Å². The molecule has 2 fully saturated rings. The molecule has 1 spiro atoms. The minimum Gasteiger partial charge on any atom is -0.369 e. The van der Waals surface area contributed by atoms with E-state index in [9.17, 15) is 9.59 Å². The number of aromatic nitrogens is 3. The monoisotopic (exact) mass is 490 g/mol. The van der Waals surface area contributed by atoms with Gasteiger partial charge < -0.3 is 9.80 Å². The minimum absolute atomic E-state index is 0.0373. The lowest BCUT2D eigenvalue weighted by molar-refractivity contribution is -0.0112. The first kappa shape index (κ1) is 22.1. The Morgan fingerprint density at radius 3 is 2.43 bits per heavy atom. The number of pyridine rings is 1. The number of aryl methyl sites for hydroxylation is 2. The standard InChI is InChI=1S/C26H27ClN6O2/c1-16-7-22(30(4)29-16)24(35)32-14-26(15-32)12-31(13-26)18-9-19(11-28-10-18)33-23(34)20-6-5-17(27)8-21(20)25(33,2)3/h5-11H,12-15H2,1-4H3. The van der Waals surface area contributed by atoms with Gasteiger partial charge in [-0.25, -0.2) is 0 Å². The second-order valence-electron chi connectivity index (χ2n) is 10.6. The molecular weight excluding hydrogens is 464 g/mol. The zero-order valence-electron chi connectivity index (χ0n) is 20.2. The molecule has 0 radical (unpaired) electrons. The van der Waals surface area contributed by atoms with Gasteiger partial charge in [0.1, 0.15) is 5.69 Å². The van der Waals surface area contributed by atoms with Crippen molar-refractivity contribution in [3.8, 4) is 0 Å². The van der Waals surface area contributed by atoms with Crippen molar-refractivity contribution in [3.05, 3.63) is 70.3 Å². The van der Waals surface area contributed by atoms with Gasteiger partial charge in [-0.1, -0.05) is 11.6 Å². The average Bonchev–Trinajstić information content (AvgIpc) is 3.18. The van der Waals surface area contributed by atoms with Crippen LogP contribution >= 0.6 is 11.6 Å². The number of halogens is 1. The van der Waals surface area contributed by atoms with E-state index < -0.39 is 5.54 Å². The summed E-state index contributed by atoms with van der Waals surface area (Å²) in [5.74, 6) is -0.00506. The van der Waals surface area contributed by atoms with Crippen molar-refractivity contribution in [2.24, 2.45) is 12.5 Å². The van der Waals surface area contributed by atoms with Gasteiger partial charge in [0.15, 0.2) is 0 Å². The van der Waals surface area contributed by atoms with E-state index in [-0.39, 0.29) is 17.2 Å². The molecule has 0 bridgehead atoms. The van der Waals surface area contributed by atoms with E-state index in [1.165, 1.54) is 0 Å². The summed E-state index contributed by atoms with van der Waals surface area (Å²) >= 11 is 6.23. The Labute approximate surface area is 209 Å². The van der Waals surface area contributed by atoms with Crippen LogP contribution in [0.4, 0.5) is 11.4 Å². The van der Waals surface area contributed by atoms with E-state index in [1.54, 1.807) is 35.0 Å². The highest BCUT2D eigenvalue weighted by Gasteiger charge is 2.54. The lowest BCUT2D eigenvalue weighted by Crippen LogP contribution is -2.73. The first-order chi connectivity index (χ1) is 16.6. The van der Waals surface area contributed by atoms with Gasteiger partial charge >= 0.3 is 0 Å². The molecule has 0 unspecified atom stereocenters. The number of anilines is 2. The number of nitrogens with zero attached hydrogens (tertiary/aromatic N) is 6. The van der Waals surface area contributed by atoms with Gasteiger partial charge in [-0.2, -0.15) is 5.10 Å². The molecule has 3 aliphatic rings. The zero-order valence-corrected chi connectivity index (χ0v) is 21.0. The summed E-state index contributed by atoms with van der Waals surface area (Å²) in [5.41, 5.74) is 4.41. The summed E-state index contributed by atoms with van der Waals surface area (Å²) < 4.78 is 1.65. The molecule has 0 N–H and O–H groups in total. The Hall–Kier alpha value is -3.39. The summed E-state index contributed by atoms with van der Waals surface area (Å²) in [5, 5.41) is 4.91. The molecule has 3 aromatic rings. The van der Waals surface area contributed by atoms with E-state index >= 15 is 0 Å². The molecule has 9 heteroatoms. The molecule has 5 heterocycles. The Bertz CT molecular complexity index is 1380. The fraction of sp³-hybridized carbons (Fsp3) is 0.385. The normalized spacial score (nSPS) is 19.6. The maximum absolute atomic E-state index is 13.3. The topological polar surface area (TPSA) is 74.6 Å². The molecule has 2 aromatic heterocycles. The van der Waals surface area contributed by atoms with Crippen LogP contribution < -0.4 is 9.80 Å². The number of amides is 2. The summed E-state index contributed by atoms with van der Waals surface area (Å²) in [6.45, 7) is 9.16. The average molecular weight is 491 g/mol. The van der Waals surface area contributed by atoms with E-state index in [1.807, 2.05) is 50.1 Å². The number of carbonyl (C=O) groups excluding carboxylic acids is 2. The molecule has 0 atom stereocenters. The third kappa shape index (κ3) is 3.26. The molecule has 1 aromatic carbocycles. The molecule has 35 heavy (non-hydrogen) atoms. The summed E-state index contributed by atoms with van der Waals surface area (Å²) in [6, 6.07) is 9.31. The maximum atomic E-state index is 13.3. The Kier molecular flexibility index (Phi) is 4.61. The molecule has 0 saturated carbocycles. The number of hydrogen-bond acceptors (Lipinski definition) is 5. The number of rotatable bonds is 3. The third-order valence-corrected chi connectivity index (χ3v) is 7.81. The van der Waals surface area contributed by atoms with Crippen LogP contribution in [0.3, 0.4) is 0 Å². The van der Waals surface area contributed by atoms with Crippen molar-refractivity contribution >= 4 is 34.8 Å². The van der Waals surface area contributed by atoms with Crippen LogP contribution in [0.25, 0.3) is 0 Å². The molecule has 3 aliphatic heterocycles. The summed E-state index contributed by atoms with van der Waals surface area (Å²) in [4.78, 5) is 36.6. The van der Waals surface area contributed by atoms with Gasteiger partial charge in [0.2, 0.25) is 0 Å². The van der Waals surface area contributed by atoms with Crippen LogP contribution in [0, 0.1) is 12.3 Å². The fourth-order valence-electron chi connectivity index (χ4n) is 5.88. The predicted octanol–water partition coefficient (Wildman–Crippen LogP) is 3.63. The van der Waals surface area contributed by atoms with Gasteiger partial charge in [-0.3, -0.25) is 24.2 Å². The summed E-state index contributed by atoms with van der Waals surface area (Å²) in [7, 11) is 1.81. The van der Waals surface area contributed by atoms with Crippen molar-refractivity contribution in [1.29, 1.82) is 0 Å². The minimum atomic E-state index is -0.535. The smallest absolute Gasteiger partial charge is 0.272 e. The van der Waals surface area contributed by atoms with Crippen LogP contribution in [0.15, 0.2) is 42.7 Å². The van der Waals surface area contributed by atoms with Crippen molar-refractivity contribution in [3.63, 3.8) is 0 Å². The molecule has 8 nitrogen and oxygen atoms in total. The van der Waals surface area contributed by atoms with Crippen molar-refractivity contribution in [1.82, 2.24) is 19.7 Å². The fourth-order valence-corrected chi connectivity index (χ4v) is 6.05. The number of fused-ring (bicyclic) bond motifs is 1. The quantitative estimate of drug-likeness (QED) is 0.560. The van der Waals surface area contributed by atoms with Crippen LogP contribution in [0.2, 0.25) is 5.02 Å².